The van der Waals surface area contributed by atoms with E-state index in [0.29, 0.717) is 5.84 Å². The van der Waals surface area contributed by atoms with Gasteiger partial charge in [-0.15, -0.1) is 0 Å². The first kappa shape index (κ1) is 18.6. The highest BCUT2D eigenvalue weighted by molar-refractivity contribution is 6.05. The largest absolute Gasteiger partial charge is 0.479 e. The van der Waals surface area contributed by atoms with Gasteiger partial charge in [0.2, 0.25) is 0 Å². The lowest BCUT2D eigenvalue weighted by molar-refractivity contribution is -0.149. The number of carbonyl (C=O) groups excluding carboxylic acids is 1. The summed E-state index contributed by atoms with van der Waals surface area (Å²) >= 11 is 0. The monoisotopic (exact) mass is 366 g/mol. The summed E-state index contributed by atoms with van der Waals surface area (Å²) in [4.78, 5) is 31.0. The molecule has 0 aromatic heterocycles. The highest BCUT2D eigenvalue weighted by Gasteiger charge is 2.54. The Morgan fingerprint density at radius 2 is 1.67 bits per heavy atom. The molecule has 2 aromatic rings. The van der Waals surface area contributed by atoms with E-state index in [0.717, 1.165) is 11.1 Å². The van der Waals surface area contributed by atoms with Gasteiger partial charge in [-0.25, -0.2) is 14.6 Å². The summed E-state index contributed by atoms with van der Waals surface area (Å²) in [5, 5.41) is 10.0. The van der Waals surface area contributed by atoms with Crippen molar-refractivity contribution < 1.29 is 19.4 Å². The van der Waals surface area contributed by atoms with Crippen LogP contribution in [0, 0.1) is 0 Å². The fraction of sp³-hybridized carbons (Fsp3) is 0.286. The van der Waals surface area contributed by atoms with Crippen molar-refractivity contribution in [1.82, 2.24) is 4.90 Å². The summed E-state index contributed by atoms with van der Waals surface area (Å²) in [6.45, 7) is 3.29. The van der Waals surface area contributed by atoms with Gasteiger partial charge < -0.3 is 14.7 Å². The van der Waals surface area contributed by atoms with Crippen molar-refractivity contribution in [2.45, 2.75) is 31.5 Å². The minimum absolute atomic E-state index is 0.450. The summed E-state index contributed by atoms with van der Waals surface area (Å²) in [5.74, 6) is -1.04. The molecule has 0 aliphatic carbocycles. The Bertz CT molecular complexity index is 866. The average Bonchev–Trinajstić information content (AvgIpc) is 3.02. The molecular formula is C21H22N2O4. The van der Waals surface area contributed by atoms with Gasteiger partial charge in [-0.3, -0.25) is 0 Å². The van der Waals surface area contributed by atoms with Crippen molar-refractivity contribution >= 4 is 17.8 Å². The quantitative estimate of drug-likeness (QED) is 0.823. The van der Waals surface area contributed by atoms with Crippen LogP contribution in [-0.2, 0) is 14.3 Å². The standard InChI is InChI=1S/C21H22N2O4/c1-14(19(24)27-3)23-17(15-10-6-4-7-11-15)21(2,20(25)26)22-18(23)16-12-8-5-9-13-16/h4-14,17H,1-3H3,(H,25,26)/t14?,17?,21-/m0/s1. The molecule has 1 aliphatic rings. The molecule has 6 nitrogen and oxygen atoms in total. The van der Waals surface area contributed by atoms with Gasteiger partial charge >= 0.3 is 11.9 Å². The molecule has 2 unspecified atom stereocenters. The Hall–Kier alpha value is -3.15. The molecule has 0 radical (unpaired) electrons. The van der Waals surface area contributed by atoms with Gasteiger partial charge in [-0.1, -0.05) is 60.7 Å². The van der Waals surface area contributed by atoms with E-state index in [9.17, 15) is 14.7 Å². The van der Waals surface area contributed by atoms with Gasteiger partial charge in [-0.05, 0) is 19.4 Å². The number of benzene rings is 2. The second kappa shape index (κ2) is 7.23. The zero-order chi connectivity index (χ0) is 19.6. The molecule has 3 atom stereocenters. The van der Waals surface area contributed by atoms with E-state index in [1.807, 2.05) is 60.7 Å². The highest BCUT2D eigenvalue weighted by atomic mass is 16.5. The maximum Gasteiger partial charge on any atom is 0.333 e. The van der Waals surface area contributed by atoms with Gasteiger partial charge in [0, 0.05) is 5.56 Å². The number of ether oxygens (including phenoxy) is 1. The number of methoxy groups -OCH3 is 1. The van der Waals surface area contributed by atoms with Crippen molar-refractivity contribution in [2.75, 3.05) is 7.11 Å². The summed E-state index contributed by atoms with van der Waals surface area (Å²) in [6.07, 6.45) is 0. The topological polar surface area (TPSA) is 79.2 Å². The molecule has 1 heterocycles. The first-order chi connectivity index (χ1) is 12.9. The Morgan fingerprint density at radius 1 is 1.11 bits per heavy atom. The number of rotatable bonds is 5. The van der Waals surface area contributed by atoms with Gasteiger partial charge in [-0.2, -0.15) is 0 Å². The molecule has 0 fully saturated rings. The third-order valence-corrected chi connectivity index (χ3v) is 4.93. The first-order valence-corrected chi connectivity index (χ1v) is 8.70. The fourth-order valence-corrected chi connectivity index (χ4v) is 3.51. The predicted octanol–water partition coefficient (Wildman–Crippen LogP) is 2.89. The van der Waals surface area contributed by atoms with Crippen LogP contribution >= 0.6 is 0 Å². The number of carboxylic acid groups (broad SMARTS) is 1. The first-order valence-electron chi connectivity index (χ1n) is 8.70. The number of hydrogen-bond donors (Lipinski definition) is 1. The van der Waals surface area contributed by atoms with Crippen molar-refractivity contribution in [2.24, 2.45) is 4.99 Å². The highest BCUT2D eigenvalue weighted by Crippen LogP contribution is 2.43. The number of nitrogens with zero attached hydrogens (tertiary/aromatic N) is 2. The SMILES string of the molecule is COC(=O)C(C)N1C(c2ccccc2)=N[C@](C)(C(=O)O)C1c1ccccc1. The van der Waals surface area contributed by atoms with Crippen LogP contribution in [0.5, 0.6) is 0 Å². The van der Waals surface area contributed by atoms with Crippen LogP contribution in [0.1, 0.15) is 31.0 Å². The van der Waals surface area contributed by atoms with Crippen LogP contribution in [0.2, 0.25) is 0 Å². The van der Waals surface area contributed by atoms with E-state index in [4.69, 9.17) is 4.74 Å². The Labute approximate surface area is 158 Å². The zero-order valence-corrected chi connectivity index (χ0v) is 15.5. The second-order valence-corrected chi connectivity index (χ2v) is 6.67. The van der Waals surface area contributed by atoms with Crippen LogP contribution in [0.25, 0.3) is 0 Å². The third kappa shape index (κ3) is 3.18. The molecule has 140 valence electrons. The number of aliphatic carboxylic acids is 1. The lowest BCUT2D eigenvalue weighted by Gasteiger charge is -2.36. The number of carbonyl (C=O) groups is 2. The Kier molecular flexibility index (Phi) is 4.99. The number of aliphatic imine (C=N–C) groups is 1. The number of esters is 1. The molecule has 1 N–H and O–H groups in total. The molecule has 6 heteroatoms. The number of carboxylic acids is 1. The smallest absolute Gasteiger partial charge is 0.333 e. The van der Waals surface area contributed by atoms with Crippen LogP contribution < -0.4 is 0 Å². The van der Waals surface area contributed by atoms with Gasteiger partial charge in [0.25, 0.3) is 0 Å². The summed E-state index contributed by atoms with van der Waals surface area (Å²) in [6, 6.07) is 17.2. The molecule has 2 aromatic carbocycles. The number of hydrogen-bond acceptors (Lipinski definition) is 5. The lowest BCUT2D eigenvalue weighted by atomic mass is 9.87. The van der Waals surface area contributed by atoms with Crippen LogP contribution in [0.4, 0.5) is 0 Å². The van der Waals surface area contributed by atoms with E-state index in [2.05, 4.69) is 4.99 Å². The molecule has 0 saturated heterocycles. The van der Waals surface area contributed by atoms with E-state index < -0.39 is 29.6 Å². The maximum atomic E-state index is 12.4. The molecule has 3 rings (SSSR count). The molecular weight excluding hydrogens is 344 g/mol. The summed E-state index contributed by atoms with van der Waals surface area (Å²) in [5.41, 5.74) is 0.0708. The maximum absolute atomic E-state index is 12.4. The van der Waals surface area contributed by atoms with E-state index >= 15 is 0 Å². The average molecular weight is 366 g/mol. The van der Waals surface area contributed by atoms with Crippen LogP contribution in [0.15, 0.2) is 65.7 Å². The summed E-state index contributed by atoms with van der Waals surface area (Å²) in [7, 11) is 1.32. The normalized spacial score (nSPS) is 22.9. The zero-order valence-electron chi connectivity index (χ0n) is 15.5. The van der Waals surface area contributed by atoms with Crippen molar-refractivity contribution in [3.8, 4) is 0 Å². The van der Waals surface area contributed by atoms with E-state index in [1.165, 1.54) is 7.11 Å². The minimum Gasteiger partial charge on any atom is -0.479 e. The molecule has 0 bridgehead atoms. The van der Waals surface area contributed by atoms with Gasteiger partial charge in [0.1, 0.15) is 11.9 Å². The fourth-order valence-electron chi connectivity index (χ4n) is 3.51. The predicted molar refractivity (Wildman–Crippen MR) is 102 cm³/mol. The van der Waals surface area contributed by atoms with Crippen molar-refractivity contribution in [1.29, 1.82) is 0 Å². The second-order valence-electron chi connectivity index (χ2n) is 6.67. The number of amidine groups is 1. The van der Waals surface area contributed by atoms with Gasteiger partial charge in [0.15, 0.2) is 5.54 Å². The van der Waals surface area contributed by atoms with Gasteiger partial charge in [0.05, 0.1) is 13.2 Å². The van der Waals surface area contributed by atoms with Crippen molar-refractivity contribution in [3.63, 3.8) is 0 Å². The molecule has 0 spiro atoms. The van der Waals surface area contributed by atoms with Crippen molar-refractivity contribution in [3.05, 3.63) is 71.8 Å². The molecule has 1 aliphatic heterocycles. The third-order valence-electron chi connectivity index (χ3n) is 4.93. The molecule has 27 heavy (non-hydrogen) atoms. The Morgan fingerprint density at radius 3 is 2.19 bits per heavy atom. The molecule has 0 amide bonds. The molecule has 0 saturated carbocycles. The lowest BCUT2D eigenvalue weighted by Crippen LogP contribution is -2.49. The summed E-state index contributed by atoms with van der Waals surface area (Å²) < 4.78 is 4.94. The van der Waals surface area contributed by atoms with E-state index in [1.54, 1.807) is 18.7 Å². The van der Waals surface area contributed by atoms with E-state index in [-0.39, 0.29) is 0 Å². The Balaban J connectivity index is 2.22. The minimum atomic E-state index is -1.45. The van der Waals surface area contributed by atoms with Crippen LogP contribution in [-0.4, -0.2) is 46.5 Å². The van der Waals surface area contributed by atoms with Crippen LogP contribution in [0.3, 0.4) is 0 Å².